The van der Waals surface area contributed by atoms with Gasteiger partial charge in [-0.1, -0.05) is 29.8 Å². The second kappa shape index (κ2) is 6.28. The number of rotatable bonds is 5. The molecule has 0 heterocycles. The number of hydrogen-bond acceptors (Lipinski definition) is 4. The van der Waals surface area contributed by atoms with Crippen LogP contribution in [0.3, 0.4) is 0 Å². The third kappa shape index (κ3) is 3.62. The molecule has 0 spiro atoms. The maximum absolute atomic E-state index is 12.3. The van der Waals surface area contributed by atoms with Crippen LogP contribution in [0.25, 0.3) is 0 Å². The van der Waals surface area contributed by atoms with Crippen molar-refractivity contribution in [3.63, 3.8) is 0 Å². The summed E-state index contributed by atoms with van der Waals surface area (Å²) < 4.78 is 24.5. The van der Waals surface area contributed by atoms with Crippen molar-refractivity contribution in [2.24, 2.45) is 0 Å². The molecule has 0 amide bonds. The molecule has 0 bridgehead atoms. The zero-order valence-corrected chi connectivity index (χ0v) is 12.9. The van der Waals surface area contributed by atoms with E-state index in [9.17, 15) is 13.2 Å². The van der Waals surface area contributed by atoms with Crippen molar-refractivity contribution in [1.29, 1.82) is 0 Å². The van der Waals surface area contributed by atoms with Gasteiger partial charge in [0.1, 0.15) is 5.75 Å². The Morgan fingerprint density at radius 2 is 1.81 bits per heavy atom. The minimum Gasteiger partial charge on any atom is -0.388 e. The van der Waals surface area contributed by atoms with Gasteiger partial charge in [0.05, 0.1) is 4.90 Å². The maximum atomic E-state index is 12.3. The molecule has 0 saturated carbocycles. The van der Waals surface area contributed by atoms with E-state index in [2.05, 4.69) is 5.32 Å². The van der Waals surface area contributed by atoms with E-state index in [0.29, 0.717) is 10.7 Å². The summed E-state index contributed by atoms with van der Waals surface area (Å²) in [5, 5.41) is 3.24. The van der Waals surface area contributed by atoms with Crippen LogP contribution in [-0.2, 0) is 9.84 Å². The second-order valence-corrected chi connectivity index (χ2v) is 6.86. The van der Waals surface area contributed by atoms with E-state index in [4.69, 9.17) is 11.6 Å². The van der Waals surface area contributed by atoms with Gasteiger partial charge >= 0.3 is 0 Å². The molecule has 0 unspecified atom stereocenters. The summed E-state index contributed by atoms with van der Waals surface area (Å²) >= 11 is 5.88. The van der Waals surface area contributed by atoms with Gasteiger partial charge < -0.3 is 5.32 Å². The molecule has 0 aromatic heterocycles. The Bertz CT molecular complexity index is 758. The van der Waals surface area contributed by atoms with E-state index in [-0.39, 0.29) is 10.5 Å². The summed E-state index contributed by atoms with van der Waals surface area (Å²) in [6, 6.07) is 12.7. The molecular weight excluding hydrogens is 310 g/mol. The minimum absolute atomic E-state index is 0.131. The van der Waals surface area contributed by atoms with Crippen LogP contribution in [0.5, 0.6) is 0 Å². The lowest BCUT2D eigenvalue weighted by Gasteiger charge is -2.09. The minimum atomic E-state index is -3.67. The molecule has 1 N–H and O–H groups in total. The molecule has 0 atom stereocenters. The van der Waals surface area contributed by atoms with Crippen LogP contribution in [-0.4, -0.2) is 27.0 Å². The fourth-order valence-electron chi connectivity index (χ4n) is 1.93. The van der Waals surface area contributed by atoms with E-state index >= 15 is 0 Å². The third-order valence-electron chi connectivity index (χ3n) is 2.97. The Morgan fingerprint density at radius 3 is 2.43 bits per heavy atom. The van der Waals surface area contributed by atoms with Gasteiger partial charge in [0.2, 0.25) is 0 Å². The molecule has 2 aromatic rings. The number of sulfone groups is 1. The topological polar surface area (TPSA) is 63.2 Å². The van der Waals surface area contributed by atoms with Crippen LogP contribution in [0.1, 0.15) is 10.4 Å². The first-order valence-electron chi connectivity index (χ1n) is 6.22. The van der Waals surface area contributed by atoms with Gasteiger partial charge in [0, 0.05) is 23.3 Å². The predicted octanol–water partition coefficient (Wildman–Crippen LogP) is 3.04. The molecule has 2 rings (SSSR count). The molecule has 4 nitrogen and oxygen atoms in total. The quantitative estimate of drug-likeness (QED) is 0.859. The Balaban J connectivity index is 2.32. The number of carbonyl (C=O) groups is 1. The summed E-state index contributed by atoms with van der Waals surface area (Å²) in [6.07, 6.45) is 0. The molecular formula is C15H14ClNO3S. The Kier molecular flexibility index (Phi) is 4.65. The molecule has 2 aromatic carbocycles. The third-order valence-corrected chi connectivity index (χ3v) is 4.84. The van der Waals surface area contributed by atoms with Crippen molar-refractivity contribution < 1.29 is 13.2 Å². The molecule has 0 fully saturated rings. The highest BCUT2D eigenvalue weighted by Crippen LogP contribution is 2.22. The first kappa shape index (κ1) is 15.5. The lowest BCUT2D eigenvalue weighted by atomic mass is 10.1. The molecule has 0 aliphatic heterocycles. The lowest BCUT2D eigenvalue weighted by molar-refractivity contribution is 0.102. The molecule has 6 heteroatoms. The highest BCUT2D eigenvalue weighted by atomic mass is 35.5. The zero-order chi connectivity index (χ0) is 15.5. The van der Waals surface area contributed by atoms with Crippen LogP contribution in [0.2, 0.25) is 5.02 Å². The lowest BCUT2D eigenvalue weighted by Crippen LogP contribution is -2.17. The highest BCUT2D eigenvalue weighted by molar-refractivity contribution is 7.92. The van der Waals surface area contributed by atoms with E-state index < -0.39 is 21.4 Å². The first-order valence-corrected chi connectivity index (χ1v) is 8.25. The summed E-state index contributed by atoms with van der Waals surface area (Å²) in [4.78, 5) is 12.4. The van der Waals surface area contributed by atoms with Crippen LogP contribution in [0.15, 0.2) is 53.4 Å². The number of ketones is 1. The number of nitrogens with one attached hydrogen (secondary N) is 1. The second-order valence-electron chi connectivity index (χ2n) is 4.44. The van der Waals surface area contributed by atoms with E-state index in [1.807, 2.05) is 0 Å². The Labute approximate surface area is 128 Å². The zero-order valence-electron chi connectivity index (χ0n) is 11.3. The van der Waals surface area contributed by atoms with Crippen molar-refractivity contribution in [2.45, 2.75) is 4.90 Å². The molecule has 0 aliphatic rings. The van der Waals surface area contributed by atoms with Crippen molar-refractivity contribution in [1.82, 2.24) is 0 Å². The van der Waals surface area contributed by atoms with Crippen LogP contribution >= 0.6 is 11.6 Å². The van der Waals surface area contributed by atoms with Crippen molar-refractivity contribution in [3.8, 4) is 0 Å². The van der Waals surface area contributed by atoms with Gasteiger partial charge in [-0.05, 0) is 30.3 Å². The van der Waals surface area contributed by atoms with Gasteiger partial charge in [-0.2, -0.15) is 0 Å². The fraction of sp³-hybridized carbons (Fsp3) is 0.133. The summed E-state index contributed by atoms with van der Waals surface area (Å²) in [6.45, 7) is 0. The fourth-order valence-corrected chi connectivity index (χ4v) is 3.34. The molecule has 110 valence electrons. The number of anilines is 1. The van der Waals surface area contributed by atoms with E-state index in [0.717, 1.165) is 0 Å². The molecule has 0 radical (unpaired) electrons. The standard InChI is InChI=1S/C15H14ClNO3S/c1-17-14-8-7-11(16)9-13(14)15(18)10-21(19,20)12-5-3-2-4-6-12/h2-9,17H,10H2,1H3. The summed E-state index contributed by atoms with van der Waals surface area (Å²) in [5.74, 6) is -1.09. The largest absolute Gasteiger partial charge is 0.388 e. The number of hydrogen-bond donors (Lipinski definition) is 1. The molecule has 0 saturated heterocycles. The number of Topliss-reactive ketones (excluding diaryl/α,β-unsaturated/α-hetero) is 1. The molecule has 0 aliphatic carbocycles. The average molecular weight is 324 g/mol. The highest BCUT2D eigenvalue weighted by Gasteiger charge is 2.22. The van der Waals surface area contributed by atoms with Gasteiger partial charge in [-0.3, -0.25) is 4.79 Å². The predicted molar refractivity (Wildman–Crippen MR) is 83.8 cm³/mol. The van der Waals surface area contributed by atoms with E-state index in [1.54, 1.807) is 37.4 Å². The number of carbonyl (C=O) groups excluding carboxylic acids is 1. The van der Waals surface area contributed by atoms with Crippen LogP contribution in [0, 0.1) is 0 Å². The van der Waals surface area contributed by atoms with Crippen molar-refractivity contribution in [3.05, 3.63) is 59.1 Å². The monoisotopic (exact) mass is 323 g/mol. The Hall–Kier alpha value is -1.85. The van der Waals surface area contributed by atoms with Crippen molar-refractivity contribution >= 4 is 32.9 Å². The smallest absolute Gasteiger partial charge is 0.185 e. The number of halogens is 1. The van der Waals surface area contributed by atoms with Gasteiger partial charge in [-0.15, -0.1) is 0 Å². The van der Waals surface area contributed by atoms with Gasteiger partial charge in [0.15, 0.2) is 15.6 Å². The van der Waals surface area contributed by atoms with Crippen LogP contribution in [0.4, 0.5) is 5.69 Å². The summed E-state index contributed by atoms with van der Waals surface area (Å²) in [7, 11) is -2.01. The molecule has 21 heavy (non-hydrogen) atoms. The first-order chi connectivity index (χ1) is 9.94. The normalized spacial score (nSPS) is 11.1. The van der Waals surface area contributed by atoms with Crippen LogP contribution < -0.4 is 5.32 Å². The van der Waals surface area contributed by atoms with Crippen molar-refractivity contribution in [2.75, 3.05) is 18.1 Å². The van der Waals surface area contributed by atoms with E-state index in [1.165, 1.54) is 18.2 Å². The van der Waals surface area contributed by atoms with Gasteiger partial charge in [-0.25, -0.2) is 8.42 Å². The Morgan fingerprint density at radius 1 is 1.14 bits per heavy atom. The SMILES string of the molecule is CNc1ccc(Cl)cc1C(=O)CS(=O)(=O)c1ccccc1. The van der Waals surface area contributed by atoms with Gasteiger partial charge in [0.25, 0.3) is 0 Å². The maximum Gasteiger partial charge on any atom is 0.185 e. The number of benzene rings is 2. The summed E-state index contributed by atoms with van der Waals surface area (Å²) in [5.41, 5.74) is 0.817. The average Bonchev–Trinajstić information content (AvgIpc) is 2.47.